The number of nitrogens with two attached hydrogens (primary N) is 1. The fraction of sp³-hybridized carbons (Fsp3) is 0.571. The Hall–Kier alpha value is -1.06. The molecule has 1 aromatic carbocycles. The summed E-state index contributed by atoms with van der Waals surface area (Å²) in [6, 6.07) is 8.99. The van der Waals surface area contributed by atoms with Crippen LogP contribution in [0.25, 0.3) is 0 Å². The van der Waals surface area contributed by atoms with Crippen molar-refractivity contribution in [3.05, 3.63) is 29.8 Å². The van der Waals surface area contributed by atoms with E-state index in [4.69, 9.17) is 10.5 Å². The minimum atomic E-state index is 0.257. The molecule has 0 aromatic heterocycles. The van der Waals surface area contributed by atoms with Crippen LogP contribution in [0.15, 0.2) is 24.3 Å². The smallest absolute Gasteiger partial charge is 0.119 e. The van der Waals surface area contributed by atoms with Crippen LogP contribution >= 0.6 is 0 Å². The predicted octanol–water partition coefficient (Wildman–Crippen LogP) is 2.18. The first-order valence-electron chi connectivity index (χ1n) is 6.48. The highest BCUT2D eigenvalue weighted by Crippen LogP contribution is 2.31. The molecule has 0 bridgehead atoms. The summed E-state index contributed by atoms with van der Waals surface area (Å²) in [5.41, 5.74) is 7.51. The van der Waals surface area contributed by atoms with Crippen molar-refractivity contribution < 1.29 is 4.74 Å². The molecule has 1 fully saturated rings. The highest BCUT2D eigenvalue weighted by molar-refractivity contribution is 5.30. The summed E-state index contributed by atoms with van der Waals surface area (Å²) in [6.07, 6.45) is 1.09. The van der Waals surface area contributed by atoms with E-state index >= 15 is 0 Å². The second-order valence-corrected chi connectivity index (χ2v) is 4.53. The zero-order chi connectivity index (χ0) is 12.3. The maximum absolute atomic E-state index is 6.20. The summed E-state index contributed by atoms with van der Waals surface area (Å²) in [5, 5.41) is 0. The lowest BCUT2D eigenvalue weighted by Crippen LogP contribution is -2.31. The summed E-state index contributed by atoms with van der Waals surface area (Å²) in [4.78, 5) is 2.44. The summed E-state index contributed by atoms with van der Waals surface area (Å²) in [5.74, 6) is 0.936. The number of likely N-dealkylation sites (tertiary alicyclic amines) is 1. The first-order valence-corrected chi connectivity index (χ1v) is 6.48. The van der Waals surface area contributed by atoms with Crippen LogP contribution in [0.4, 0.5) is 0 Å². The number of benzene rings is 1. The second kappa shape index (κ2) is 5.52. The van der Waals surface area contributed by atoms with Gasteiger partial charge in [-0.3, -0.25) is 4.90 Å². The molecule has 0 spiro atoms. The summed E-state index contributed by atoms with van der Waals surface area (Å²) in [6.45, 7) is 7.07. The molecule has 0 radical (unpaired) electrons. The number of nitrogens with zero attached hydrogens (tertiary/aromatic N) is 1. The molecule has 2 rings (SSSR count). The molecule has 2 atom stereocenters. The molecular formula is C14H22N2O. The monoisotopic (exact) mass is 234 g/mol. The third kappa shape index (κ3) is 2.61. The van der Waals surface area contributed by atoms with E-state index in [1.807, 2.05) is 19.1 Å². The van der Waals surface area contributed by atoms with Crippen LogP contribution in [-0.2, 0) is 0 Å². The van der Waals surface area contributed by atoms with Crippen LogP contribution in [0.5, 0.6) is 5.75 Å². The Balaban J connectivity index is 2.15. The van der Waals surface area contributed by atoms with Crippen LogP contribution < -0.4 is 10.5 Å². The lowest BCUT2D eigenvalue weighted by molar-refractivity contribution is 0.261. The third-order valence-electron chi connectivity index (χ3n) is 3.49. The van der Waals surface area contributed by atoms with E-state index < -0.39 is 0 Å². The lowest BCUT2D eigenvalue weighted by Gasteiger charge is -2.25. The van der Waals surface area contributed by atoms with E-state index in [-0.39, 0.29) is 6.04 Å². The Bertz CT molecular complexity index is 350. The SMILES string of the molecule is CCOc1ccc(C2C(N)CCN2CC)cc1. The van der Waals surface area contributed by atoms with E-state index in [2.05, 4.69) is 24.0 Å². The quantitative estimate of drug-likeness (QED) is 0.868. The van der Waals surface area contributed by atoms with Crippen LogP contribution in [-0.4, -0.2) is 30.6 Å². The summed E-state index contributed by atoms with van der Waals surface area (Å²) in [7, 11) is 0. The Morgan fingerprint density at radius 1 is 1.29 bits per heavy atom. The van der Waals surface area contributed by atoms with E-state index in [0.717, 1.165) is 25.3 Å². The molecule has 1 saturated heterocycles. The first kappa shape index (κ1) is 12.4. The maximum Gasteiger partial charge on any atom is 0.119 e. The molecule has 3 nitrogen and oxygen atoms in total. The molecule has 1 aliphatic heterocycles. The van der Waals surface area contributed by atoms with E-state index in [1.165, 1.54) is 5.56 Å². The molecule has 0 amide bonds. The molecule has 94 valence electrons. The molecule has 2 unspecified atom stereocenters. The largest absolute Gasteiger partial charge is 0.494 e. The Morgan fingerprint density at radius 2 is 2.00 bits per heavy atom. The van der Waals surface area contributed by atoms with Gasteiger partial charge in [-0.1, -0.05) is 19.1 Å². The maximum atomic E-state index is 6.20. The Labute approximate surface area is 104 Å². The standard InChI is InChI=1S/C14H22N2O/c1-3-16-10-9-13(15)14(16)11-5-7-12(8-6-11)17-4-2/h5-8,13-14H,3-4,9-10,15H2,1-2H3. The highest BCUT2D eigenvalue weighted by Gasteiger charge is 2.31. The average molecular weight is 234 g/mol. The van der Waals surface area contributed by atoms with Crippen molar-refractivity contribution in [3.63, 3.8) is 0 Å². The van der Waals surface area contributed by atoms with Gasteiger partial charge in [0.1, 0.15) is 5.75 Å². The van der Waals surface area contributed by atoms with Gasteiger partial charge >= 0.3 is 0 Å². The fourth-order valence-corrected chi connectivity index (χ4v) is 2.62. The normalized spacial score (nSPS) is 25.1. The third-order valence-corrected chi connectivity index (χ3v) is 3.49. The van der Waals surface area contributed by atoms with Crippen molar-refractivity contribution in [1.82, 2.24) is 4.90 Å². The van der Waals surface area contributed by atoms with E-state index in [1.54, 1.807) is 0 Å². The Morgan fingerprint density at radius 3 is 2.59 bits per heavy atom. The van der Waals surface area contributed by atoms with Gasteiger partial charge in [0.05, 0.1) is 6.61 Å². The van der Waals surface area contributed by atoms with E-state index in [9.17, 15) is 0 Å². The molecule has 1 aliphatic rings. The molecule has 1 aromatic rings. The van der Waals surface area contributed by atoms with Crippen molar-refractivity contribution in [2.24, 2.45) is 5.73 Å². The predicted molar refractivity (Wildman–Crippen MR) is 70.2 cm³/mol. The number of hydrogen-bond donors (Lipinski definition) is 1. The number of likely N-dealkylation sites (N-methyl/N-ethyl adjacent to an activating group) is 1. The summed E-state index contributed by atoms with van der Waals surface area (Å²) >= 11 is 0. The van der Waals surface area contributed by atoms with Gasteiger partial charge in [-0.25, -0.2) is 0 Å². The number of rotatable bonds is 4. The van der Waals surface area contributed by atoms with Gasteiger partial charge in [0, 0.05) is 18.6 Å². The second-order valence-electron chi connectivity index (χ2n) is 4.53. The molecular weight excluding hydrogens is 212 g/mol. The zero-order valence-corrected chi connectivity index (χ0v) is 10.7. The van der Waals surface area contributed by atoms with Gasteiger partial charge in [0.25, 0.3) is 0 Å². The van der Waals surface area contributed by atoms with Crippen molar-refractivity contribution in [2.45, 2.75) is 32.4 Å². The fourth-order valence-electron chi connectivity index (χ4n) is 2.62. The average Bonchev–Trinajstić information content (AvgIpc) is 2.72. The molecule has 2 N–H and O–H groups in total. The van der Waals surface area contributed by atoms with Crippen LogP contribution in [0.1, 0.15) is 31.9 Å². The van der Waals surface area contributed by atoms with Crippen molar-refractivity contribution >= 4 is 0 Å². The molecule has 17 heavy (non-hydrogen) atoms. The Kier molecular flexibility index (Phi) is 4.02. The van der Waals surface area contributed by atoms with Gasteiger partial charge in [0.15, 0.2) is 0 Å². The first-order chi connectivity index (χ1) is 8.26. The van der Waals surface area contributed by atoms with Gasteiger partial charge in [0.2, 0.25) is 0 Å². The minimum Gasteiger partial charge on any atom is -0.494 e. The van der Waals surface area contributed by atoms with Crippen LogP contribution in [0, 0.1) is 0 Å². The minimum absolute atomic E-state index is 0.257. The zero-order valence-electron chi connectivity index (χ0n) is 10.7. The van der Waals surface area contributed by atoms with Gasteiger partial charge in [-0.2, -0.15) is 0 Å². The van der Waals surface area contributed by atoms with E-state index in [0.29, 0.717) is 12.6 Å². The topological polar surface area (TPSA) is 38.5 Å². The number of ether oxygens (including phenoxy) is 1. The summed E-state index contributed by atoms with van der Waals surface area (Å²) < 4.78 is 5.46. The molecule has 0 saturated carbocycles. The van der Waals surface area contributed by atoms with Gasteiger partial charge in [-0.05, 0) is 37.6 Å². The molecule has 3 heteroatoms. The number of hydrogen-bond acceptors (Lipinski definition) is 3. The molecule has 0 aliphatic carbocycles. The van der Waals surface area contributed by atoms with Crippen molar-refractivity contribution in [2.75, 3.05) is 19.7 Å². The highest BCUT2D eigenvalue weighted by atomic mass is 16.5. The van der Waals surface area contributed by atoms with Gasteiger partial charge in [-0.15, -0.1) is 0 Å². The molecule has 1 heterocycles. The van der Waals surface area contributed by atoms with Gasteiger partial charge < -0.3 is 10.5 Å². The van der Waals surface area contributed by atoms with Crippen LogP contribution in [0.2, 0.25) is 0 Å². The van der Waals surface area contributed by atoms with Crippen molar-refractivity contribution in [1.29, 1.82) is 0 Å². The van der Waals surface area contributed by atoms with Crippen LogP contribution in [0.3, 0.4) is 0 Å². The van der Waals surface area contributed by atoms with Crippen molar-refractivity contribution in [3.8, 4) is 5.75 Å². The lowest BCUT2D eigenvalue weighted by atomic mass is 10.0.